The van der Waals surface area contributed by atoms with Gasteiger partial charge in [-0.3, -0.25) is 14.2 Å². The van der Waals surface area contributed by atoms with Crippen LogP contribution in [0.25, 0.3) is 16.9 Å². The molecule has 3 aromatic rings. The predicted molar refractivity (Wildman–Crippen MR) is 103 cm³/mol. The Morgan fingerprint density at radius 1 is 1.25 bits per heavy atom. The lowest BCUT2D eigenvalue weighted by molar-refractivity contribution is -0.124. The number of hydrogen-bond donors (Lipinski definition) is 2. The third kappa shape index (κ3) is 3.62. The van der Waals surface area contributed by atoms with E-state index in [2.05, 4.69) is 25.8 Å². The van der Waals surface area contributed by atoms with Gasteiger partial charge in [-0.25, -0.2) is 4.98 Å². The standard InChI is InChI=1S/C20H20N6O2/c1-13-8-16(18(22-10-13)26-11-23-24-12-26)14-4-2-5-15(9-14)19(27)25-17-6-3-7-21-20(17)28/h2,4-5,8-12,17H,3,6-7H2,1H3,(H,21,28)(H,25,27)/t17-/m0/s1. The molecule has 0 saturated carbocycles. The SMILES string of the molecule is Cc1cnc(-n2cnnc2)c(-c2cccc(C(=O)N[C@H]3CCCNC3=O)c2)c1. The van der Waals surface area contributed by atoms with E-state index >= 15 is 0 Å². The minimum Gasteiger partial charge on any atom is -0.354 e. The minimum absolute atomic E-state index is 0.131. The number of piperidine rings is 1. The van der Waals surface area contributed by atoms with Gasteiger partial charge in [-0.2, -0.15) is 0 Å². The van der Waals surface area contributed by atoms with Crippen molar-refractivity contribution in [1.82, 2.24) is 30.4 Å². The molecule has 2 aromatic heterocycles. The van der Waals surface area contributed by atoms with E-state index in [9.17, 15) is 9.59 Å². The van der Waals surface area contributed by atoms with E-state index in [1.807, 2.05) is 25.1 Å². The van der Waals surface area contributed by atoms with E-state index in [1.165, 1.54) is 0 Å². The second-order valence-electron chi connectivity index (χ2n) is 6.79. The smallest absolute Gasteiger partial charge is 0.251 e. The Kier molecular flexibility index (Phi) is 4.84. The van der Waals surface area contributed by atoms with Crippen LogP contribution < -0.4 is 10.6 Å². The van der Waals surface area contributed by atoms with Crippen LogP contribution in [0.2, 0.25) is 0 Å². The van der Waals surface area contributed by atoms with Crippen molar-refractivity contribution in [1.29, 1.82) is 0 Å². The zero-order chi connectivity index (χ0) is 19.5. The van der Waals surface area contributed by atoms with E-state index in [-0.39, 0.29) is 11.8 Å². The van der Waals surface area contributed by atoms with Gasteiger partial charge in [-0.1, -0.05) is 12.1 Å². The molecule has 1 fully saturated rings. The van der Waals surface area contributed by atoms with Crippen molar-refractivity contribution >= 4 is 11.8 Å². The Hall–Kier alpha value is -3.55. The van der Waals surface area contributed by atoms with Gasteiger partial charge in [0.1, 0.15) is 24.5 Å². The van der Waals surface area contributed by atoms with Crippen LogP contribution in [0.4, 0.5) is 0 Å². The number of hydrogen-bond acceptors (Lipinski definition) is 5. The number of carbonyl (C=O) groups excluding carboxylic acids is 2. The summed E-state index contributed by atoms with van der Waals surface area (Å²) >= 11 is 0. The molecule has 4 rings (SSSR count). The lowest BCUT2D eigenvalue weighted by Gasteiger charge is -2.22. The highest BCUT2D eigenvalue weighted by Crippen LogP contribution is 2.27. The van der Waals surface area contributed by atoms with Gasteiger partial charge in [0, 0.05) is 23.9 Å². The molecule has 1 aliphatic heterocycles. The number of rotatable bonds is 4. The van der Waals surface area contributed by atoms with Gasteiger partial charge in [-0.05, 0) is 49.1 Å². The summed E-state index contributed by atoms with van der Waals surface area (Å²) in [5.41, 5.74) is 3.21. The number of benzene rings is 1. The van der Waals surface area contributed by atoms with Crippen LogP contribution in [0.5, 0.6) is 0 Å². The van der Waals surface area contributed by atoms with E-state index in [1.54, 1.807) is 35.6 Å². The van der Waals surface area contributed by atoms with Crippen molar-refractivity contribution in [3.05, 3.63) is 60.3 Å². The average molecular weight is 376 g/mol. The van der Waals surface area contributed by atoms with Crippen molar-refractivity contribution < 1.29 is 9.59 Å². The van der Waals surface area contributed by atoms with Crippen LogP contribution in [-0.2, 0) is 4.79 Å². The monoisotopic (exact) mass is 376 g/mol. The van der Waals surface area contributed by atoms with Gasteiger partial charge < -0.3 is 10.6 Å². The first kappa shape index (κ1) is 17.8. The summed E-state index contributed by atoms with van der Waals surface area (Å²) in [6, 6.07) is 8.81. The number of nitrogens with zero attached hydrogens (tertiary/aromatic N) is 4. The molecule has 0 spiro atoms. The summed E-state index contributed by atoms with van der Waals surface area (Å²) in [5.74, 6) is 0.281. The number of aryl methyl sites for hydroxylation is 1. The van der Waals surface area contributed by atoms with Crippen molar-refractivity contribution in [2.45, 2.75) is 25.8 Å². The van der Waals surface area contributed by atoms with Gasteiger partial charge in [0.2, 0.25) is 5.91 Å². The normalized spacial score (nSPS) is 16.5. The molecule has 0 bridgehead atoms. The highest BCUT2D eigenvalue weighted by Gasteiger charge is 2.24. The molecule has 3 heterocycles. The zero-order valence-corrected chi connectivity index (χ0v) is 15.4. The van der Waals surface area contributed by atoms with Gasteiger partial charge in [-0.15, -0.1) is 10.2 Å². The first-order valence-electron chi connectivity index (χ1n) is 9.12. The molecule has 1 aliphatic rings. The number of amides is 2. The summed E-state index contributed by atoms with van der Waals surface area (Å²) in [6.07, 6.45) is 6.45. The van der Waals surface area contributed by atoms with Crippen molar-refractivity contribution in [3.8, 4) is 16.9 Å². The maximum absolute atomic E-state index is 12.7. The van der Waals surface area contributed by atoms with Crippen LogP contribution in [0.15, 0.2) is 49.2 Å². The van der Waals surface area contributed by atoms with E-state index in [0.29, 0.717) is 24.3 Å². The number of pyridine rings is 1. The Morgan fingerprint density at radius 3 is 2.86 bits per heavy atom. The summed E-state index contributed by atoms with van der Waals surface area (Å²) in [6.45, 7) is 2.62. The third-order valence-corrected chi connectivity index (χ3v) is 4.69. The molecule has 2 N–H and O–H groups in total. The first-order chi connectivity index (χ1) is 13.6. The van der Waals surface area contributed by atoms with Crippen LogP contribution >= 0.6 is 0 Å². The maximum atomic E-state index is 12.7. The van der Waals surface area contributed by atoms with Crippen LogP contribution in [0, 0.1) is 6.92 Å². The lowest BCUT2D eigenvalue weighted by atomic mass is 10.0. The van der Waals surface area contributed by atoms with Crippen LogP contribution in [0.1, 0.15) is 28.8 Å². The lowest BCUT2D eigenvalue weighted by Crippen LogP contribution is -2.50. The van der Waals surface area contributed by atoms with Gasteiger partial charge in [0.25, 0.3) is 5.91 Å². The van der Waals surface area contributed by atoms with Crippen molar-refractivity contribution in [2.75, 3.05) is 6.54 Å². The number of nitrogens with one attached hydrogen (secondary N) is 2. The van der Waals surface area contributed by atoms with Crippen molar-refractivity contribution in [3.63, 3.8) is 0 Å². The number of carbonyl (C=O) groups is 2. The Labute approximate surface area is 162 Å². The summed E-state index contributed by atoms with van der Waals surface area (Å²) in [5, 5.41) is 13.3. The fourth-order valence-electron chi connectivity index (χ4n) is 3.27. The topological polar surface area (TPSA) is 102 Å². The molecular formula is C20H20N6O2. The number of aromatic nitrogens is 4. The summed E-state index contributed by atoms with van der Waals surface area (Å²) in [7, 11) is 0. The second-order valence-corrected chi connectivity index (χ2v) is 6.79. The molecule has 8 nitrogen and oxygen atoms in total. The third-order valence-electron chi connectivity index (χ3n) is 4.69. The molecule has 1 saturated heterocycles. The molecule has 0 aliphatic carbocycles. The van der Waals surface area contributed by atoms with Gasteiger partial charge in [0.15, 0.2) is 0 Å². The zero-order valence-electron chi connectivity index (χ0n) is 15.4. The van der Waals surface area contributed by atoms with Crippen LogP contribution in [-0.4, -0.2) is 44.1 Å². The molecule has 1 aromatic carbocycles. The second kappa shape index (κ2) is 7.59. The molecular weight excluding hydrogens is 356 g/mol. The highest BCUT2D eigenvalue weighted by molar-refractivity contribution is 5.98. The van der Waals surface area contributed by atoms with E-state index in [4.69, 9.17) is 0 Å². The van der Waals surface area contributed by atoms with Gasteiger partial charge >= 0.3 is 0 Å². The molecule has 0 unspecified atom stereocenters. The molecule has 28 heavy (non-hydrogen) atoms. The van der Waals surface area contributed by atoms with Crippen molar-refractivity contribution in [2.24, 2.45) is 0 Å². The maximum Gasteiger partial charge on any atom is 0.251 e. The average Bonchev–Trinajstić information content (AvgIpc) is 3.24. The quantitative estimate of drug-likeness (QED) is 0.721. The molecule has 142 valence electrons. The van der Waals surface area contributed by atoms with E-state index < -0.39 is 6.04 Å². The first-order valence-corrected chi connectivity index (χ1v) is 9.12. The van der Waals surface area contributed by atoms with Crippen LogP contribution in [0.3, 0.4) is 0 Å². The fourth-order valence-corrected chi connectivity index (χ4v) is 3.27. The Balaban J connectivity index is 1.65. The summed E-state index contributed by atoms with van der Waals surface area (Å²) < 4.78 is 1.73. The predicted octanol–water partition coefficient (Wildman–Crippen LogP) is 1.65. The Bertz CT molecular complexity index is 1020. The molecule has 2 amide bonds. The summed E-state index contributed by atoms with van der Waals surface area (Å²) in [4.78, 5) is 29.1. The fraction of sp³-hybridized carbons (Fsp3) is 0.250. The van der Waals surface area contributed by atoms with Gasteiger partial charge in [0.05, 0.1) is 0 Å². The Morgan fingerprint density at radius 2 is 2.07 bits per heavy atom. The molecule has 0 radical (unpaired) electrons. The molecule has 8 heteroatoms. The minimum atomic E-state index is -0.488. The van der Waals surface area contributed by atoms with E-state index in [0.717, 1.165) is 23.1 Å². The molecule has 1 atom stereocenters. The largest absolute Gasteiger partial charge is 0.354 e. The highest BCUT2D eigenvalue weighted by atomic mass is 16.2.